The number of nitrogens with one attached hydrogen (secondary N) is 1. The topological polar surface area (TPSA) is 92.4 Å². The van der Waals surface area contributed by atoms with E-state index >= 15 is 0 Å². The van der Waals surface area contributed by atoms with Gasteiger partial charge in [-0.1, -0.05) is 0 Å². The number of ether oxygens (including phenoxy) is 3. The molecule has 0 radical (unpaired) electrons. The van der Waals surface area contributed by atoms with Gasteiger partial charge >= 0.3 is 0 Å². The number of rotatable bonds is 7. The van der Waals surface area contributed by atoms with Crippen molar-refractivity contribution >= 4 is 11.7 Å². The van der Waals surface area contributed by atoms with Crippen LogP contribution in [0, 0.1) is 6.92 Å². The van der Waals surface area contributed by atoms with Crippen molar-refractivity contribution in [2.75, 3.05) is 26.6 Å². The molecule has 3 rings (SSSR count). The van der Waals surface area contributed by atoms with Crippen LogP contribution in [0.15, 0.2) is 30.5 Å². The van der Waals surface area contributed by atoms with Gasteiger partial charge in [0.2, 0.25) is 11.7 Å². The summed E-state index contributed by atoms with van der Waals surface area (Å²) < 4.78 is 19.3. The maximum absolute atomic E-state index is 12.3. The molecule has 0 unspecified atom stereocenters. The first-order valence-corrected chi connectivity index (χ1v) is 8.59. The zero-order valence-corrected chi connectivity index (χ0v) is 16.5. The predicted octanol–water partition coefficient (Wildman–Crippen LogP) is 2.26. The summed E-state index contributed by atoms with van der Waals surface area (Å²) in [5, 5.41) is 11.5. The summed E-state index contributed by atoms with van der Waals surface area (Å²) in [5.41, 5.74) is 2.31. The third-order valence-electron chi connectivity index (χ3n) is 4.18. The molecule has 9 heteroatoms. The Hall–Kier alpha value is -3.49. The number of methoxy groups -OCH3 is 3. The summed E-state index contributed by atoms with van der Waals surface area (Å²) in [6.45, 7) is 1.95. The molecule has 1 amide bonds. The average molecular weight is 385 g/mol. The fourth-order valence-electron chi connectivity index (χ4n) is 2.89. The Balaban J connectivity index is 1.78. The van der Waals surface area contributed by atoms with Crippen LogP contribution in [0.4, 0.5) is 5.82 Å². The van der Waals surface area contributed by atoms with Crippen LogP contribution < -0.4 is 19.5 Å². The minimum Gasteiger partial charge on any atom is -0.493 e. The lowest BCUT2D eigenvalue weighted by Crippen LogP contribution is -2.20. The van der Waals surface area contributed by atoms with Crippen molar-refractivity contribution in [1.82, 2.24) is 19.6 Å². The summed E-state index contributed by atoms with van der Waals surface area (Å²) in [6.07, 6.45) is 1.74. The highest BCUT2D eigenvalue weighted by molar-refractivity contribution is 5.89. The van der Waals surface area contributed by atoms with Gasteiger partial charge in [0.15, 0.2) is 11.5 Å². The second-order valence-electron chi connectivity index (χ2n) is 6.16. The van der Waals surface area contributed by atoms with Crippen LogP contribution in [-0.4, -0.2) is 46.8 Å². The van der Waals surface area contributed by atoms with Crippen molar-refractivity contribution in [1.29, 1.82) is 0 Å². The Labute approximate surface area is 162 Å². The van der Waals surface area contributed by atoms with Crippen LogP contribution in [0.3, 0.4) is 0 Å². The number of aryl methyl sites for hydroxylation is 2. The quantitative estimate of drug-likeness (QED) is 0.671. The van der Waals surface area contributed by atoms with E-state index < -0.39 is 0 Å². The SMILES string of the molecule is COc1cc(-c2ccn(CC(=O)Nc3cc(C)nn3C)n2)cc(OC)c1OC. The molecule has 0 aliphatic rings. The second kappa shape index (κ2) is 8.03. The van der Waals surface area contributed by atoms with Crippen molar-refractivity contribution in [2.45, 2.75) is 13.5 Å². The van der Waals surface area contributed by atoms with Gasteiger partial charge in [0.25, 0.3) is 0 Å². The minimum atomic E-state index is -0.192. The third-order valence-corrected chi connectivity index (χ3v) is 4.18. The van der Waals surface area contributed by atoms with E-state index in [1.807, 2.05) is 31.2 Å². The van der Waals surface area contributed by atoms with Gasteiger partial charge in [0, 0.05) is 24.9 Å². The first-order chi connectivity index (χ1) is 13.4. The summed E-state index contributed by atoms with van der Waals surface area (Å²) >= 11 is 0. The lowest BCUT2D eigenvalue weighted by atomic mass is 10.1. The summed E-state index contributed by atoms with van der Waals surface area (Å²) in [4.78, 5) is 12.3. The molecule has 1 aromatic carbocycles. The van der Waals surface area contributed by atoms with E-state index in [0.29, 0.717) is 28.8 Å². The summed E-state index contributed by atoms with van der Waals surface area (Å²) in [5.74, 6) is 2.03. The predicted molar refractivity (Wildman–Crippen MR) is 104 cm³/mol. The first-order valence-electron chi connectivity index (χ1n) is 8.59. The zero-order valence-electron chi connectivity index (χ0n) is 16.5. The van der Waals surface area contributed by atoms with Gasteiger partial charge in [-0.25, -0.2) is 0 Å². The summed E-state index contributed by atoms with van der Waals surface area (Å²) in [6, 6.07) is 7.25. The van der Waals surface area contributed by atoms with E-state index in [1.54, 1.807) is 43.9 Å². The van der Waals surface area contributed by atoms with Crippen LogP contribution in [-0.2, 0) is 18.4 Å². The van der Waals surface area contributed by atoms with Gasteiger partial charge in [-0.05, 0) is 25.1 Å². The standard InChI is InChI=1S/C19H23N5O4/c1-12-8-17(23(2)21-12)20-18(25)11-24-7-6-14(22-24)13-9-15(26-3)19(28-5)16(10-13)27-4/h6-10H,11H2,1-5H3,(H,20,25). The van der Waals surface area contributed by atoms with Crippen molar-refractivity contribution in [3.05, 3.63) is 36.2 Å². The normalized spacial score (nSPS) is 10.6. The minimum absolute atomic E-state index is 0.0780. The van der Waals surface area contributed by atoms with E-state index in [0.717, 1.165) is 11.3 Å². The molecule has 2 aromatic heterocycles. The molecular weight excluding hydrogens is 362 g/mol. The number of hydrogen-bond donors (Lipinski definition) is 1. The lowest BCUT2D eigenvalue weighted by Gasteiger charge is -2.13. The molecule has 148 valence electrons. The number of carbonyl (C=O) groups excluding carboxylic acids is 1. The maximum atomic E-state index is 12.3. The molecule has 0 saturated heterocycles. The number of benzene rings is 1. The molecule has 2 heterocycles. The van der Waals surface area contributed by atoms with Crippen LogP contribution in [0.25, 0.3) is 11.3 Å². The third kappa shape index (κ3) is 3.93. The van der Waals surface area contributed by atoms with E-state index in [-0.39, 0.29) is 12.5 Å². The Morgan fingerprint density at radius 1 is 1.07 bits per heavy atom. The number of aromatic nitrogens is 4. The zero-order chi connectivity index (χ0) is 20.3. The van der Waals surface area contributed by atoms with Crippen LogP contribution in [0.5, 0.6) is 17.2 Å². The van der Waals surface area contributed by atoms with Crippen molar-refractivity contribution in [3.63, 3.8) is 0 Å². The van der Waals surface area contributed by atoms with Crippen molar-refractivity contribution in [3.8, 4) is 28.5 Å². The first kappa shape index (κ1) is 19.3. The number of hydrogen-bond acceptors (Lipinski definition) is 6. The van der Waals surface area contributed by atoms with E-state index in [4.69, 9.17) is 14.2 Å². The molecule has 0 bridgehead atoms. The number of anilines is 1. The maximum Gasteiger partial charge on any atom is 0.247 e. The van der Waals surface area contributed by atoms with Crippen LogP contribution in [0.2, 0.25) is 0 Å². The van der Waals surface area contributed by atoms with Gasteiger partial charge in [-0.3, -0.25) is 14.2 Å². The van der Waals surface area contributed by atoms with Gasteiger partial charge in [0.05, 0.1) is 32.7 Å². The van der Waals surface area contributed by atoms with Gasteiger partial charge in [-0.2, -0.15) is 10.2 Å². The molecular formula is C19H23N5O4. The fourth-order valence-corrected chi connectivity index (χ4v) is 2.89. The monoisotopic (exact) mass is 385 g/mol. The Bertz CT molecular complexity index is 967. The molecule has 0 aliphatic heterocycles. The van der Waals surface area contributed by atoms with Gasteiger partial charge in [-0.15, -0.1) is 0 Å². The Kier molecular flexibility index (Phi) is 5.53. The highest BCUT2D eigenvalue weighted by Crippen LogP contribution is 2.40. The van der Waals surface area contributed by atoms with Gasteiger partial charge in [0.1, 0.15) is 12.4 Å². The largest absolute Gasteiger partial charge is 0.493 e. The molecule has 28 heavy (non-hydrogen) atoms. The molecule has 0 aliphatic carbocycles. The fraction of sp³-hybridized carbons (Fsp3) is 0.316. The molecule has 0 spiro atoms. The lowest BCUT2D eigenvalue weighted by molar-refractivity contribution is -0.116. The number of carbonyl (C=O) groups is 1. The average Bonchev–Trinajstić information content (AvgIpc) is 3.26. The van der Waals surface area contributed by atoms with Gasteiger partial charge < -0.3 is 19.5 Å². The van der Waals surface area contributed by atoms with E-state index in [2.05, 4.69) is 15.5 Å². The van der Waals surface area contributed by atoms with Crippen molar-refractivity contribution < 1.29 is 19.0 Å². The number of nitrogens with zero attached hydrogens (tertiary/aromatic N) is 4. The molecule has 3 aromatic rings. The highest BCUT2D eigenvalue weighted by atomic mass is 16.5. The molecule has 9 nitrogen and oxygen atoms in total. The molecule has 0 saturated carbocycles. The molecule has 0 atom stereocenters. The highest BCUT2D eigenvalue weighted by Gasteiger charge is 2.16. The van der Waals surface area contributed by atoms with Crippen LogP contribution in [0.1, 0.15) is 5.69 Å². The Morgan fingerprint density at radius 3 is 2.29 bits per heavy atom. The van der Waals surface area contributed by atoms with Crippen LogP contribution >= 0.6 is 0 Å². The van der Waals surface area contributed by atoms with E-state index in [9.17, 15) is 4.79 Å². The summed E-state index contributed by atoms with van der Waals surface area (Å²) in [7, 11) is 6.45. The van der Waals surface area contributed by atoms with Crippen molar-refractivity contribution in [2.24, 2.45) is 7.05 Å². The Morgan fingerprint density at radius 2 is 1.75 bits per heavy atom. The number of amides is 1. The smallest absolute Gasteiger partial charge is 0.247 e. The van der Waals surface area contributed by atoms with E-state index in [1.165, 1.54) is 0 Å². The second-order valence-corrected chi connectivity index (χ2v) is 6.16. The molecule has 1 N–H and O–H groups in total. The molecule has 0 fully saturated rings.